The average Bonchev–Trinajstić information content (AvgIpc) is 3.11. The monoisotopic (exact) mass is 387 g/mol. The van der Waals surface area contributed by atoms with Gasteiger partial charge in [-0.25, -0.2) is 0 Å². The van der Waals surface area contributed by atoms with Crippen molar-refractivity contribution in [2.75, 3.05) is 5.32 Å². The summed E-state index contributed by atoms with van der Waals surface area (Å²) in [5.41, 5.74) is 2.26. The molecule has 0 aliphatic rings. The molecule has 0 saturated carbocycles. The van der Waals surface area contributed by atoms with Crippen molar-refractivity contribution in [3.8, 4) is 11.5 Å². The lowest BCUT2D eigenvalue weighted by Crippen LogP contribution is -2.13. The predicted octanol–water partition coefficient (Wildman–Crippen LogP) is 5.33. The third kappa shape index (κ3) is 4.88. The number of aryl methyl sites for hydroxylation is 2. The Labute approximate surface area is 160 Å². The van der Waals surface area contributed by atoms with Crippen LogP contribution in [0.3, 0.4) is 0 Å². The summed E-state index contributed by atoms with van der Waals surface area (Å²) in [7, 11) is 0. The van der Waals surface area contributed by atoms with Crippen LogP contribution in [0.2, 0.25) is 0 Å². The lowest BCUT2D eigenvalue weighted by molar-refractivity contribution is -0.0493. The molecule has 0 saturated heterocycles. The van der Waals surface area contributed by atoms with Gasteiger partial charge < -0.3 is 19.2 Å². The number of anilines is 1. The second-order valence-electron chi connectivity index (χ2n) is 6.15. The maximum Gasteiger partial charge on any atom is 0.387 e. The van der Waals surface area contributed by atoms with Gasteiger partial charge in [-0.2, -0.15) is 8.78 Å². The number of benzene rings is 2. The highest BCUT2D eigenvalue weighted by Crippen LogP contribution is 2.26. The Morgan fingerprint density at radius 2 is 1.86 bits per heavy atom. The number of nitrogens with one attached hydrogen (secondary N) is 1. The maximum atomic E-state index is 12.5. The van der Waals surface area contributed by atoms with E-state index in [9.17, 15) is 13.6 Å². The van der Waals surface area contributed by atoms with Gasteiger partial charge in [0.05, 0.1) is 5.69 Å². The van der Waals surface area contributed by atoms with E-state index in [1.165, 1.54) is 24.3 Å². The van der Waals surface area contributed by atoms with E-state index in [1.807, 2.05) is 32.0 Å². The number of furan rings is 1. The first-order valence-electron chi connectivity index (χ1n) is 8.56. The first-order chi connectivity index (χ1) is 13.4. The quantitative estimate of drug-likeness (QED) is 0.595. The summed E-state index contributed by atoms with van der Waals surface area (Å²) in [6.45, 7) is 1.11. The number of ether oxygens (including phenoxy) is 2. The van der Waals surface area contributed by atoms with Crippen LogP contribution in [0, 0.1) is 13.8 Å². The van der Waals surface area contributed by atoms with Gasteiger partial charge in [-0.1, -0.05) is 29.8 Å². The van der Waals surface area contributed by atoms with Crippen LogP contribution >= 0.6 is 0 Å². The van der Waals surface area contributed by atoms with Crippen LogP contribution < -0.4 is 14.8 Å². The summed E-state index contributed by atoms with van der Waals surface area (Å²) in [5.74, 6) is 0.512. The molecular formula is C21H19F2NO4. The molecule has 0 radical (unpaired) electrons. The van der Waals surface area contributed by atoms with Crippen LogP contribution in [0.25, 0.3) is 0 Å². The van der Waals surface area contributed by atoms with Crippen LogP contribution in [0.1, 0.15) is 27.4 Å². The minimum absolute atomic E-state index is 0.0334. The van der Waals surface area contributed by atoms with Crippen molar-refractivity contribution in [1.82, 2.24) is 0 Å². The largest absolute Gasteiger partial charge is 0.485 e. The normalized spacial score (nSPS) is 10.8. The Kier molecular flexibility index (Phi) is 5.93. The van der Waals surface area contributed by atoms with Crippen molar-refractivity contribution in [3.63, 3.8) is 0 Å². The molecule has 0 aliphatic carbocycles. The van der Waals surface area contributed by atoms with E-state index < -0.39 is 12.5 Å². The number of para-hydroxylation sites is 2. The first kappa shape index (κ1) is 19.4. The highest BCUT2D eigenvalue weighted by Gasteiger charge is 2.16. The Morgan fingerprint density at radius 3 is 2.61 bits per heavy atom. The Bertz CT molecular complexity index is 969. The molecule has 0 atom stereocenters. The van der Waals surface area contributed by atoms with Crippen LogP contribution in [0.15, 0.2) is 59.0 Å². The number of rotatable bonds is 7. The van der Waals surface area contributed by atoms with Crippen molar-refractivity contribution in [2.24, 2.45) is 0 Å². The third-order valence-corrected chi connectivity index (χ3v) is 3.94. The minimum Gasteiger partial charge on any atom is -0.485 e. The zero-order chi connectivity index (χ0) is 20.1. The van der Waals surface area contributed by atoms with Gasteiger partial charge in [0.25, 0.3) is 5.91 Å². The zero-order valence-corrected chi connectivity index (χ0v) is 15.4. The standard InChI is InChI=1S/C21H19F2NO4/c1-13-7-9-17(14(2)11-13)26-12-15-8-10-19(27-15)20(25)24-16-5-3-4-6-18(16)28-21(22)23/h3-11,21H,12H2,1-2H3,(H,24,25). The number of halogens is 2. The molecule has 0 unspecified atom stereocenters. The van der Waals surface area contributed by atoms with Gasteiger partial charge in [-0.15, -0.1) is 0 Å². The molecule has 0 bridgehead atoms. The van der Waals surface area contributed by atoms with Gasteiger partial charge in [0.1, 0.15) is 23.9 Å². The number of hydrogen-bond donors (Lipinski definition) is 1. The van der Waals surface area contributed by atoms with E-state index >= 15 is 0 Å². The van der Waals surface area contributed by atoms with Gasteiger partial charge in [0, 0.05) is 0 Å². The fourth-order valence-electron chi connectivity index (χ4n) is 2.64. The van der Waals surface area contributed by atoms with E-state index in [0.717, 1.165) is 16.9 Å². The first-order valence-corrected chi connectivity index (χ1v) is 8.56. The van der Waals surface area contributed by atoms with Gasteiger partial charge in [-0.05, 0) is 49.7 Å². The molecule has 0 fully saturated rings. The molecule has 3 rings (SSSR count). The van der Waals surface area contributed by atoms with E-state index in [2.05, 4.69) is 10.1 Å². The summed E-state index contributed by atoms with van der Waals surface area (Å²) in [6, 6.07) is 14.9. The van der Waals surface area contributed by atoms with Gasteiger partial charge in [0.15, 0.2) is 5.76 Å². The second kappa shape index (κ2) is 8.56. The molecule has 5 nitrogen and oxygen atoms in total. The van der Waals surface area contributed by atoms with E-state index in [-0.39, 0.29) is 23.8 Å². The molecule has 3 aromatic rings. The van der Waals surface area contributed by atoms with Crippen LogP contribution in [0.5, 0.6) is 11.5 Å². The third-order valence-electron chi connectivity index (χ3n) is 3.94. The molecular weight excluding hydrogens is 368 g/mol. The van der Waals surface area contributed by atoms with Crippen molar-refractivity contribution in [2.45, 2.75) is 27.1 Å². The lowest BCUT2D eigenvalue weighted by Gasteiger charge is -2.10. The highest BCUT2D eigenvalue weighted by atomic mass is 19.3. The molecule has 1 N–H and O–H groups in total. The van der Waals surface area contributed by atoms with E-state index in [1.54, 1.807) is 12.1 Å². The fourth-order valence-corrected chi connectivity index (χ4v) is 2.64. The SMILES string of the molecule is Cc1ccc(OCc2ccc(C(=O)Nc3ccccc3OC(F)F)o2)c(C)c1. The number of carbonyl (C=O) groups is 1. The number of hydrogen-bond acceptors (Lipinski definition) is 4. The molecule has 146 valence electrons. The summed E-state index contributed by atoms with van der Waals surface area (Å²) in [4.78, 5) is 12.3. The van der Waals surface area contributed by atoms with Crippen molar-refractivity contribution >= 4 is 11.6 Å². The summed E-state index contributed by atoms with van der Waals surface area (Å²) >= 11 is 0. The summed E-state index contributed by atoms with van der Waals surface area (Å²) < 4.78 is 40.6. The highest BCUT2D eigenvalue weighted by molar-refractivity contribution is 6.03. The average molecular weight is 387 g/mol. The van der Waals surface area contributed by atoms with Gasteiger partial charge in [-0.3, -0.25) is 4.79 Å². The predicted molar refractivity (Wildman–Crippen MR) is 100.0 cm³/mol. The fraction of sp³-hybridized carbons (Fsp3) is 0.190. The Morgan fingerprint density at radius 1 is 1.07 bits per heavy atom. The molecule has 1 aromatic heterocycles. The molecule has 7 heteroatoms. The minimum atomic E-state index is -2.99. The molecule has 1 heterocycles. The molecule has 2 aromatic carbocycles. The van der Waals surface area contributed by atoms with Crippen LogP contribution in [-0.4, -0.2) is 12.5 Å². The second-order valence-corrected chi connectivity index (χ2v) is 6.15. The number of amides is 1. The number of carbonyl (C=O) groups excluding carboxylic acids is 1. The molecule has 0 spiro atoms. The zero-order valence-electron chi connectivity index (χ0n) is 15.4. The smallest absolute Gasteiger partial charge is 0.387 e. The number of alkyl halides is 2. The van der Waals surface area contributed by atoms with Crippen molar-refractivity contribution < 1.29 is 27.5 Å². The Hall–Kier alpha value is -3.35. The van der Waals surface area contributed by atoms with Gasteiger partial charge >= 0.3 is 6.61 Å². The molecule has 1 amide bonds. The van der Waals surface area contributed by atoms with Crippen molar-refractivity contribution in [1.29, 1.82) is 0 Å². The maximum absolute atomic E-state index is 12.5. The van der Waals surface area contributed by atoms with Gasteiger partial charge in [0.2, 0.25) is 0 Å². The molecule has 0 aliphatic heterocycles. The molecule has 28 heavy (non-hydrogen) atoms. The van der Waals surface area contributed by atoms with Crippen LogP contribution in [-0.2, 0) is 6.61 Å². The Balaban J connectivity index is 1.64. The lowest BCUT2D eigenvalue weighted by atomic mass is 10.1. The van der Waals surface area contributed by atoms with E-state index in [0.29, 0.717) is 5.76 Å². The van der Waals surface area contributed by atoms with Crippen molar-refractivity contribution in [3.05, 3.63) is 77.2 Å². The van der Waals surface area contributed by atoms with Crippen LogP contribution in [0.4, 0.5) is 14.5 Å². The van der Waals surface area contributed by atoms with E-state index in [4.69, 9.17) is 9.15 Å². The summed E-state index contributed by atoms with van der Waals surface area (Å²) in [6.07, 6.45) is 0. The summed E-state index contributed by atoms with van der Waals surface area (Å²) in [5, 5.41) is 2.50. The topological polar surface area (TPSA) is 60.7 Å².